The van der Waals surface area contributed by atoms with E-state index in [1.807, 2.05) is 0 Å². The van der Waals surface area contributed by atoms with Crippen LogP contribution in [0.1, 0.15) is 58.3 Å². The molecule has 1 saturated carbocycles. The Morgan fingerprint density at radius 1 is 1.00 bits per heavy atom. The molecule has 1 aliphatic rings. The predicted molar refractivity (Wildman–Crippen MR) is 59.4 cm³/mol. The number of hydrogen-bond acceptors (Lipinski definition) is 1. The molecule has 0 aliphatic heterocycles. The van der Waals surface area contributed by atoms with Crippen LogP contribution in [-0.4, -0.2) is 18.3 Å². The largest absolute Gasteiger partial charge is 0.406 e. The van der Waals surface area contributed by atoms with Gasteiger partial charge in [0, 0.05) is 0 Å². The zero-order chi connectivity index (χ0) is 12.1. The third-order valence-corrected chi connectivity index (χ3v) is 3.29. The van der Waals surface area contributed by atoms with E-state index in [-0.39, 0.29) is 12.8 Å². The molecule has 0 bridgehead atoms. The van der Waals surface area contributed by atoms with Crippen LogP contribution >= 0.6 is 0 Å². The van der Waals surface area contributed by atoms with E-state index in [9.17, 15) is 13.2 Å². The van der Waals surface area contributed by atoms with Crippen molar-refractivity contribution >= 4 is 0 Å². The highest BCUT2D eigenvalue weighted by Crippen LogP contribution is 2.48. The summed E-state index contributed by atoms with van der Waals surface area (Å²) in [7, 11) is 0. The van der Waals surface area contributed by atoms with Gasteiger partial charge in [0.25, 0.3) is 0 Å². The first-order chi connectivity index (χ1) is 7.52. The van der Waals surface area contributed by atoms with Gasteiger partial charge in [-0.05, 0) is 25.8 Å². The molecular weight excluding hydrogens is 215 g/mol. The molecule has 1 nitrogen and oxygen atoms in total. The lowest BCUT2D eigenvalue weighted by atomic mass is 10.1. The first-order valence-electron chi connectivity index (χ1n) is 6.33. The molecule has 1 N–H and O–H groups in total. The van der Waals surface area contributed by atoms with E-state index in [1.165, 1.54) is 19.3 Å². The molecule has 0 radical (unpaired) electrons. The Labute approximate surface area is 95.8 Å². The van der Waals surface area contributed by atoms with E-state index in [2.05, 4.69) is 12.2 Å². The third kappa shape index (κ3) is 3.96. The number of halogens is 3. The van der Waals surface area contributed by atoms with Crippen molar-refractivity contribution in [2.45, 2.75) is 70.0 Å². The fourth-order valence-electron chi connectivity index (χ4n) is 1.92. The molecule has 1 fully saturated rings. The first-order valence-corrected chi connectivity index (χ1v) is 6.33. The Bertz CT molecular complexity index is 197. The van der Waals surface area contributed by atoms with Gasteiger partial charge < -0.3 is 5.32 Å². The number of rotatable bonds is 8. The summed E-state index contributed by atoms with van der Waals surface area (Å²) in [6, 6.07) is 0. The van der Waals surface area contributed by atoms with Crippen LogP contribution in [0.15, 0.2) is 0 Å². The van der Waals surface area contributed by atoms with Gasteiger partial charge in [0.1, 0.15) is 5.54 Å². The minimum absolute atomic E-state index is 0.256. The smallest absolute Gasteiger partial charge is 0.304 e. The zero-order valence-corrected chi connectivity index (χ0v) is 10.00. The van der Waals surface area contributed by atoms with Crippen LogP contribution in [-0.2, 0) is 0 Å². The van der Waals surface area contributed by atoms with Gasteiger partial charge in [0.2, 0.25) is 0 Å². The van der Waals surface area contributed by atoms with Crippen molar-refractivity contribution in [3.8, 4) is 0 Å². The molecule has 0 unspecified atom stereocenters. The summed E-state index contributed by atoms with van der Waals surface area (Å²) in [5, 5.41) is 2.68. The topological polar surface area (TPSA) is 12.0 Å². The number of hydrogen-bond donors (Lipinski definition) is 1. The van der Waals surface area contributed by atoms with Gasteiger partial charge in [-0.15, -0.1) is 0 Å². The maximum absolute atomic E-state index is 12.5. The van der Waals surface area contributed by atoms with Crippen LogP contribution in [0.5, 0.6) is 0 Å². The Morgan fingerprint density at radius 2 is 1.56 bits per heavy atom. The van der Waals surface area contributed by atoms with E-state index in [0.717, 1.165) is 19.3 Å². The Morgan fingerprint density at radius 3 is 2.06 bits per heavy atom. The maximum atomic E-state index is 12.5. The molecule has 1 aliphatic carbocycles. The fraction of sp³-hybridized carbons (Fsp3) is 1.00. The van der Waals surface area contributed by atoms with E-state index < -0.39 is 11.7 Å². The molecule has 0 atom stereocenters. The lowest BCUT2D eigenvalue weighted by Gasteiger charge is -2.20. The monoisotopic (exact) mass is 237 g/mol. The molecule has 0 amide bonds. The third-order valence-electron chi connectivity index (χ3n) is 3.29. The van der Waals surface area contributed by atoms with Gasteiger partial charge in [-0.25, -0.2) is 0 Å². The van der Waals surface area contributed by atoms with Gasteiger partial charge >= 0.3 is 6.18 Å². The molecule has 0 aromatic rings. The van der Waals surface area contributed by atoms with Crippen molar-refractivity contribution in [3.63, 3.8) is 0 Å². The van der Waals surface area contributed by atoms with E-state index in [1.54, 1.807) is 0 Å². The molecule has 0 aromatic carbocycles. The van der Waals surface area contributed by atoms with E-state index in [0.29, 0.717) is 6.54 Å². The standard InChI is InChI=1S/C12H22F3N/c1-2-3-4-5-6-7-10-16-11(8-9-11)12(13,14)15/h16H,2-10H2,1H3. The van der Waals surface area contributed by atoms with Crippen LogP contribution in [0.3, 0.4) is 0 Å². The zero-order valence-electron chi connectivity index (χ0n) is 10.00. The first kappa shape index (κ1) is 13.8. The highest BCUT2D eigenvalue weighted by atomic mass is 19.4. The van der Waals surface area contributed by atoms with Crippen molar-refractivity contribution in [1.29, 1.82) is 0 Å². The van der Waals surface area contributed by atoms with Gasteiger partial charge in [-0.2, -0.15) is 13.2 Å². The Hall–Kier alpha value is -0.250. The summed E-state index contributed by atoms with van der Waals surface area (Å²) in [4.78, 5) is 0. The molecule has 0 aromatic heterocycles. The average molecular weight is 237 g/mol. The second kappa shape index (κ2) is 5.89. The average Bonchev–Trinajstić information content (AvgIpc) is 2.96. The predicted octanol–water partition coefficient (Wildman–Crippen LogP) is 4.03. The van der Waals surface area contributed by atoms with Crippen molar-refractivity contribution in [3.05, 3.63) is 0 Å². The van der Waals surface area contributed by atoms with Crippen LogP contribution < -0.4 is 5.32 Å². The van der Waals surface area contributed by atoms with Crippen LogP contribution in [0.25, 0.3) is 0 Å². The van der Waals surface area contributed by atoms with Crippen molar-refractivity contribution in [2.24, 2.45) is 0 Å². The van der Waals surface area contributed by atoms with Gasteiger partial charge in [-0.1, -0.05) is 39.0 Å². The summed E-state index contributed by atoms with van der Waals surface area (Å²) in [6.07, 6.45) is 3.15. The number of unbranched alkanes of at least 4 members (excludes halogenated alkanes) is 5. The SMILES string of the molecule is CCCCCCCCNC1(C(F)(F)F)CC1. The summed E-state index contributed by atoms with van der Waals surface area (Å²) in [5.41, 5.74) is -1.52. The summed E-state index contributed by atoms with van der Waals surface area (Å²) < 4.78 is 37.5. The normalized spacial score (nSPS) is 18.8. The van der Waals surface area contributed by atoms with Crippen LogP contribution in [0.2, 0.25) is 0 Å². The molecular formula is C12H22F3N. The highest BCUT2D eigenvalue weighted by Gasteiger charge is 2.62. The van der Waals surface area contributed by atoms with Crippen LogP contribution in [0.4, 0.5) is 13.2 Å². The summed E-state index contributed by atoms with van der Waals surface area (Å²) in [5.74, 6) is 0. The van der Waals surface area contributed by atoms with Gasteiger partial charge in [0.15, 0.2) is 0 Å². The second-order valence-corrected chi connectivity index (χ2v) is 4.77. The molecule has 16 heavy (non-hydrogen) atoms. The quantitative estimate of drug-likeness (QED) is 0.628. The van der Waals surface area contributed by atoms with Crippen LogP contribution in [0, 0.1) is 0 Å². The molecule has 4 heteroatoms. The molecule has 0 heterocycles. The maximum Gasteiger partial charge on any atom is 0.406 e. The lowest BCUT2D eigenvalue weighted by Crippen LogP contribution is -2.45. The Kier molecular flexibility index (Phi) is 5.09. The minimum Gasteiger partial charge on any atom is -0.304 e. The van der Waals surface area contributed by atoms with E-state index >= 15 is 0 Å². The highest BCUT2D eigenvalue weighted by molar-refractivity contribution is 5.07. The Balaban J connectivity index is 2.00. The second-order valence-electron chi connectivity index (χ2n) is 4.77. The number of nitrogens with one attached hydrogen (secondary N) is 1. The molecule has 0 saturated heterocycles. The molecule has 96 valence electrons. The summed E-state index contributed by atoms with van der Waals surface area (Å²) >= 11 is 0. The lowest BCUT2D eigenvalue weighted by molar-refractivity contribution is -0.165. The molecule has 0 spiro atoms. The van der Waals surface area contributed by atoms with Gasteiger partial charge in [0.05, 0.1) is 0 Å². The van der Waals surface area contributed by atoms with Gasteiger partial charge in [-0.3, -0.25) is 0 Å². The van der Waals surface area contributed by atoms with Crippen molar-refractivity contribution < 1.29 is 13.2 Å². The van der Waals surface area contributed by atoms with E-state index in [4.69, 9.17) is 0 Å². The minimum atomic E-state index is -4.06. The van der Waals surface area contributed by atoms with Crippen molar-refractivity contribution in [2.75, 3.05) is 6.54 Å². The van der Waals surface area contributed by atoms with Crippen molar-refractivity contribution in [1.82, 2.24) is 5.32 Å². The molecule has 1 rings (SSSR count). The fourth-order valence-corrected chi connectivity index (χ4v) is 1.92. The number of alkyl halides is 3. The summed E-state index contributed by atoms with van der Waals surface area (Å²) in [6.45, 7) is 2.66.